The number of rotatable bonds is 41. The predicted octanol–water partition coefficient (Wildman–Crippen LogP) is 15.4. The third-order valence-corrected chi connectivity index (χ3v) is 30.7. The molecule has 0 amide bonds. The van der Waals surface area contributed by atoms with Gasteiger partial charge in [-0.3, -0.25) is 28.8 Å². The Morgan fingerprint density at radius 3 is 1.55 bits per heavy atom. The van der Waals surface area contributed by atoms with Gasteiger partial charge in [-0.05, 0) is 180 Å². The molecule has 1 heterocycles. The number of aliphatic hydroxyl groups excluding tert-OH is 5. The average molecular weight is 1440 g/mol. The van der Waals surface area contributed by atoms with Gasteiger partial charge in [0, 0.05) is 81.3 Å². The van der Waals surface area contributed by atoms with E-state index in [-0.39, 0.29) is 116 Å². The van der Waals surface area contributed by atoms with E-state index in [0.717, 1.165) is 56.9 Å². The molecule has 2 saturated carbocycles. The first-order chi connectivity index (χ1) is 47.9. The lowest BCUT2D eigenvalue weighted by Crippen LogP contribution is -2.45. The number of carbonyl (C=O) groups excluding carboxylic acids is 6. The number of benzene rings is 3. The maximum Gasteiger partial charge on any atom is 0.313 e. The van der Waals surface area contributed by atoms with Crippen molar-refractivity contribution in [1.82, 2.24) is 0 Å². The summed E-state index contributed by atoms with van der Waals surface area (Å²) < 4.78 is 35.8. The van der Waals surface area contributed by atoms with Crippen LogP contribution in [0, 0.1) is 41.4 Å². The van der Waals surface area contributed by atoms with Crippen molar-refractivity contribution in [3.8, 4) is 0 Å². The van der Waals surface area contributed by atoms with Gasteiger partial charge in [0.15, 0.2) is 22.9 Å². The molecule has 3 fully saturated rings. The smallest absolute Gasteiger partial charge is 0.313 e. The van der Waals surface area contributed by atoms with Gasteiger partial charge in [0.25, 0.3) is 0 Å². The van der Waals surface area contributed by atoms with Crippen molar-refractivity contribution in [2.24, 2.45) is 41.4 Å². The van der Waals surface area contributed by atoms with Crippen LogP contribution in [0.2, 0.25) is 36.3 Å². The second kappa shape index (κ2) is 44.0. The zero-order valence-corrected chi connectivity index (χ0v) is 64.9. The SMILES string of the molecule is C[C@@H]1C[C@H](O[Si](C)(C)C(C)(C)C)[C@H](C/C=C\CCCC(=O)OC(=O)CCC(=O)CC2COC(c3ccccc3)OC2)[C@H]1CC[C@H](CCc1ccccc1)O[Si](C)(C)C(C)(C)C.O=C(CCC(=O)OC(=O)CCC/C=C\C[C@@H]1[C@@H](CC[C@@H](O)CCc2ccccc2)[C@H](O)C[C@@H]1O)CC(CO)CO. The Morgan fingerprint density at radius 2 is 1.03 bits per heavy atom. The molecule has 3 aliphatic rings. The van der Waals surface area contributed by atoms with Crippen molar-refractivity contribution in [2.45, 2.75) is 276 Å². The van der Waals surface area contributed by atoms with Crippen LogP contribution in [0.15, 0.2) is 115 Å². The Morgan fingerprint density at radius 1 is 0.554 bits per heavy atom. The molecule has 0 bridgehead atoms. The zero-order valence-electron chi connectivity index (χ0n) is 62.9. The number of hydrogen-bond acceptors (Lipinski definition) is 17. The molecule has 0 aromatic heterocycles. The van der Waals surface area contributed by atoms with Crippen molar-refractivity contribution in [3.63, 3.8) is 0 Å². The van der Waals surface area contributed by atoms with Crippen LogP contribution in [-0.4, -0.2) is 135 Å². The topological polar surface area (TPSA) is 259 Å². The maximum atomic E-state index is 12.6. The summed E-state index contributed by atoms with van der Waals surface area (Å²) in [6, 6.07) is 30.5. The minimum Gasteiger partial charge on any atom is -0.414 e. The van der Waals surface area contributed by atoms with Crippen LogP contribution in [0.25, 0.3) is 0 Å². The Kier molecular flexibility index (Phi) is 37.6. The van der Waals surface area contributed by atoms with Crippen LogP contribution < -0.4 is 0 Å². The molecule has 1 aliphatic heterocycles. The van der Waals surface area contributed by atoms with Gasteiger partial charge in [-0.2, -0.15) is 0 Å². The van der Waals surface area contributed by atoms with Crippen LogP contribution in [0.3, 0.4) is 0 Å². The fourth-order valence-corrected chi connectivity index (χ4v) is 16.3. The molecule has 6 rings (SSSR count). The number of aliphatic hydroxyl groups is 5. The Balaban J connectivity index is 0.000000398. The molecule has 17 nitrogen and oxygen atoms in total. The highest BCUT2D eigenvalue weighted by Crippen LogP contribution is 2.48. The van der Waals surface area contributed by atoms with Crippen LogP contribution in [0.1, 0.15) is 213 Å². The molecule has 19 heteroatoms. The predicted molar refractivity (Wildman–Crippen MR) is 400 cm³/mol. The number of allylic oxidation sites excluding steroid dienone is 4. The minimum absolute atomic E-state index is 0.0329. The average Bonchev–Trinajstić information content (AvgIpc) is 1.71. The second-order valence-corrected chi connectivity index (χ2v) is 41.4. The molecule has 5 N–H and O–H groups in total. The van der Waals surface area contributed by atoms with Gasteiger partial charge in [0.2, 0.25) is 0 Å². The van der Waals surface area contributed by atoms with E-state index in [1.54, 1.807) is 0 Å². The van der Waals surface area contributed by atoms with Gasteiger partial charge in [0.05, 0.1) is 44.4 Å². The Labute approximate surface area is 606 Å². The molecule has 10 atom stereocenters. The fourth-order valence-electron chi connectivity index (χ4n) is 13.5. The van der Waals surface area contributed by atoms with Gasteiger partial charge >= 0.3 is 23.9 Å². The van der Waals surface area contributed by atoms with E-state index in [1.807, 2.05) is 72.8 Å². The Bertz CT molecular complexity index is 2970. The molecule has 1 saturated heterocycles. The number of Topliss-reactive ketones (excluding diaryl/α,β-unsaturated/α-hetero) is 2. The summed E-state index contributed by atoms with van der Waals surface area (Å²) in [6.07, 6.45) is 18.9. The maximum absolute atomic E-state index is 12.6. The molecule has 3 aromatic rings. The van der Waals surface area contributed by atoms with E-state index in [4.69, 9.17) is 38.0 Å². The molecule has 3 aromatic carbocycles. The fraction of sp³-hybridized carbons (Fsp3) is 0.659. The van der Waals surface area contributed by atoms with Crippen LogP contribution in [-0.2, 0) is 69.4 Å². The van der Waals surface area contributed by atoms with E-state index in [9.17, 15) is 44.1 Å². The first-order valence-corrected chi connectivity index (χ1v) is 43.5. The first-order valence-electron chi connectivity index (χ1n) is 37.7. The number of esters is 4. The third-order valence-electron chi connectivity index (χ3n) is 21.7. The highest BCUT2D eigenvalue weighted by molar-refractivity contribution is 6.74. The normalized spacial score (nSPS) is 22.6. The molecule has 0 spiro atoms. The van der Waals surface area contributed by atoms with Crippen molar-refractivity contribution in [1.29, 1.82) is 0 Å². The number of carbonyl (C=O) groups is 6. The standard InChI is InChI=1S/C51H80O8Si2.C31H46O9/c1-38-34-46(59-61(10,11)51(5,6)7)45(44(38)32-31-43(58-60(8,9)50(2,3)4)30-28-39-22-16-14-17-23-39)26-20-12-13-21-27-47(53)57-48(54)33-29-42(52)35-40-36-55-49(56-37-40)41-24-18-15-19-25-41;32-20-23(21-33)18-25(35)15-17-31(39)40-30(38)11-7-2-1-6-10-26-27(29(37)19-28(26)36)16-14-24(34)13-12-22-8-4-3-5-9-22/h12,14-20,22-25,38,40,43-46,49H,13,21,26-37H2,1-11H3;1,3-6,8-9,23-24,26-29,32-34,36-37H,2,7,10-21H2/b20-12-;6-1-/t38-,40?,43+,44+,45-,46+,49?;24-,26+,27+,28-,29+/m10/s1. The van der Waals surface area contributed by atoms with Gasteiger partial charge in [-0.25, -0.2) is 0 Å². The quantitative estimate of drug-likeness (QED) is 0.0116. The summed E-state index contributed by atoms with van der Waals surface area (Å²) in [6.45, 7) is 26.1. The largest absolute Gasteiger partial charge is 0.414 e. The van der Waals surface area contributed by atoms with Crippen molar-refractivity contribution >= 4 is 52.1 Å². The second-order valence-electron chi connectivity index (χ2n) is 31.9. The molecule has 0 radical (unpaired) electrons. The van der Waals surface area contributed by atoms with Gasteiger partial charge in [-0.15, -0.1) is 0 Å². The van der Waals surface area contributed by atoms with Crippen molar-refractivity contribution < 1.29 is 82.1 Å². The summed E-state index contributed by atoms with van der Waals surface area (Å²) in [4.78, 5) is 73.0. The summed E-state index contributed by atoms with van der Waals surface area (Å²) >= 11 is 0. The van der Waals surface area contributed by atoms with E-state index in [1.165, 1.54) is 11.1 Å². The van der Waals surface area contributed by atoms with Crippen LogP contribution >= 0.6 is 0 Å². The van der Waals surface area contributed by atoms with E-state index < -0.39 is 71.0 Å². The van der Waals surface area contributed by atoms with Gasteiger partial charge in [0.1, 0.15) is 11.6 Å². The lowest BCUT2D eigenvalue weighted by Gasteiger charge is -2.41. The zero-order chi connectivity index (χ0) is 74.2. The minimum atomic E-state index is -1.99. The van der Waals surface area contributed by atoms with E-state index in [0.29, 0.717) is 82.3 Å². The molecule has 2 aliphatic carbocycles. The number of ketones is 2. The number of aryl methyl sites for hydroxylation is 2. The molecular formula is C82H126O17Si2. The van der Waals surface area contributed by atoms with Crippen LogP contribution in [0.5, 0.6) is 0 Å². The molecular weight excluding hydrogens is 1310 g/mol. The Hall–Kier alpha value is -5.17. The molecule has 101 heavy (non-hydrogen) atoms. The third kappa shape index (κ3) is 31.6. The monoisotopic (exact) mass is 1440 g/mol. The molecule has 0 unspecified atom stereocenters. The number of unbranched alkanes of at least 4 members (excludes halogenated alkanes) is 2. The first kappa shape index (κ1) is 86.5. The summed E-state index contributed by atoms with van der Waals surface area (Å²) in [7, 11) is -3.96. The van der Waals surface area contributed by atoms with Crippen LogP contribution in [0.4, 0.5) is 0 Å². The molecule has 564 valence electrons. The number of hydrogen-bond donors (Lipinski definition) is 5. The highest BCUT2D eigenvalue weighted by Gasteiger charge is 2.47. The van der Waals surface area contributed by atoms with Gasteiger partial charge in [-0.1, -0.05) is 164 Å². The highest BCUT2D eigenvalue weighted by atomic mass is 28.4. The van der Waals surface area contributed by atoms with Gasteiger partial charge < -0.3 is 53.3 Å². The van der Waals surface area contributed by atoms with E-state index >= 15 is 0 Å². The summed E-state index contributed by atoms with van der Waals surface area (Å²) in [5.74, 6) is -2.27. The van der Waals surface area contributed by atoms with Crippen molar-refractivity contribution in [2.75, 3.05) is 26.4 Å². The summed E-state index contributed by atoms with van der Waals surface area (Å²) in [5.41, 5.74) is 3.50. The summed E-state index contributed by atoms with van der Waals surface area (Å²) in [5, 5.41) is 49.7. The van der Waals surface area contributed by atoms with Crippen molar-refractivity contribution in [3.05, 3.63) is 132 Å². The van der Waals surface area contributed by atoms with E-state index in [2.05, 4.69) is 117 Å². The lowest BCUT2D eigenvalue weighted by molar-refractivity contribution is -0.206. The number of ether oxygens (including phenoxy) is 4. The lowest BCUT2D eigenvalue weighted by atomic mass is 9.83.